The number of carbonyl (C=O) groups excluding carboxylic acids is 1. The number of aromatic nitrogens is 3. The van der Waals surface area contributed by atoms with Crippen molar-refractivity contribution in [3.05, 3.63) is 41.9 Å². The van der Waals surface area contributed by atoms with Gasteiger partial charge in [-0.15, -0.1) is 0 Å². The normalized spacial score (nSPS) is 10.8. The number of hydrogen-bond acceptors (Lipinski definition) is 9. The number of ether oxygens (including phenoxy) is 4. The number of amides is 1. The number of nitrogens with zero attached hydrogens (tertiary/aromatic N) is 3. The fraction of sp³-hybridized carbons (Fsp3) is 0.368. The van der Waals surface area contributed by atoms with E-state index in [0.29, 0.717) is 44.4 Å². The van der Waals surface area contributed by atoms with Crippen LogP contribution in [0.3, 0.4) is 0 Å². The minimum atomic E-state index is -0.593. The summed E-state index contributed by atoms with van der Waals surface area (Å²) in [7, 11) is 1.29. The molecule has 0 fully saturated rings. The van der Waals surface area contributed by atoms with Gasteiger partial charge in [0.1, 0.15) is 12.4 Å². The number of aliphatic hydroxyl groups is 1. The van der Waals surface area contributed by atoms with E-state index < -0.39 is 6.09 Å². The van der Waals surface area contributed by atoms with Crippen LogP contribution in [0.2, 0.25) is 0 Å². The molecule has 0 spiro atoms. The van der Waals surface area contributed by atoms with Gasteiger partial charge in [-0.3, -0.25) is 5.32 Å². The number of methoxy groups -OCH3 is 1. The van der Waals surface area contributed by atoms with Crippen molar-refractivity contribution < 1.29 is 28.8 Å². The molecule has 2 N–H and O–H groups in total. The van der Waals surface area contributed by atoms with Crippen LogP contribution in [0.5, 0.6) is 6.01 Å². The lowest BCUT2D eigenvalue weighted by Crippen LogP contribution is -2.13. The number of hydrogen-bond donors (Lipinski definition) is 2. The summed E-state index contributed by atoms with van der Waals surface area (Å²) in [6.45, 7) is 1.84. The van der Waals surface area contributed by atoms with Gasteiger partial charge in [-0.2, -0.15) is 0 Å². The van der Waals surface area contributed by atoms with E-state index in [2.05, 4.69) is 25.0 Å². The Kier molecular flexibility index (Phi) is 10.1. The number of carbonyl (C=O) groups is 1. The second-order valence-electron chi connectivity index (χ2n) is 5.49. The van der Waals surface area contributed by atoms with Gasteiger partial charge in [0.2, 0.25) is 0 Å². The molecule has 10 nitrogen and oxygen atoms in total. The summed E-state index contributed by atoms with van der Waals surface area (Å²) < 4.78 is 20.4. The van der Waals surface area contributed by atoms with Crippen LogP contribution in [0.4, 0.5) is 10.6 Å². The average molecular weight is 404 g/mol. The van der Waals surface area contributed by atoms with E-state index >= 15 is 0 Å². The molecule has 156 valence electrons. The maximum Gasteiger partial charge on any atom is 0.412 e. The monoisotopic (exact) mass is 404 g/mol. The molecule has 0 aliphatic heterocycles. The Morgan fingerprint density at radius 1 is 1.07 bits per heavy atom. The lowest BCUT2D eigenvalue weighted by Gasteiger charge is -2.06. The third kappa shape index (κ3) is 8.64. The van der Waals surface area contributed by atoms with E-state index in [1.54, 1.807) is 36.8 Å². The van der Waals surface area contributed by atoms with Crippen molar-refractivity contribution in [2.24, 2.45) is 0 Å². The third-order valence-electron chi connectivity index (χ3n) is 3.41. The maximum atomic E-state index is 11.4. The first-order valence-corrected chi connectivity index (χ1v) is 8.92. The first kappa shape index (κ1) is 22.2. The van der Waals surface area contributed by atoms with E-state index in [1.807, 2.05) is 6.07 Å². The van der Waals surface area contributed by atoms with E-state index in [-0.39, 0.29) is 12.6 Å². The molecule has 29 heavy (non-hydrogen) atoms. The highest BCUT2D eigenvalue weighted by Crippen LogP contribution is 2.15. The van der Waals surface area contributed by atoms with Gasteiger partial charge in [-0.05, 0) is 12.1 Å². The van der Waals surface area contributed by atoms with Crippen LogP contribution in [-0.2, 0) is 14.2 Å². The number of pyridine rings is 1. The summed E-state index contributed by atoms with van der Waals surface area (Å²) in [5, 5.41) is 11.1. The van der Waals surface area contributed by atoms with Crippen LogP contribution in [0.1, 0.15) is 11.1 Å². The van der Waals surface area contributed by atoms with Crippen LogP contribution < -0.4 is 10.1 Å². The summed E-state index contributed by atoms with van der Waals surface area (Å²) in [6, 6.07) is 3.81. The van der Waals surface area contributed by atoms with Gasteiger partial charge in [0.15, 0.2) is 0 Å². The molecular weight excluding hydrogens is 380 g/mol. The van der Waals surface area contributed by atoms with E-state index in [0.717, 1.165) is 5.56 Å². The summed E-state index contributed by atoms with van der Waals surface area (Å²) in [5.74, 6) is 0.387. The number of aliphatic hydroxyl groups excluding tert-OH is 1. The molecule has 0 saturated heterocycles. The Bertz CT molecular complexity index is 770. The van der Waals surface area contributed by atoms with E-state index in [1.165, 1.54) is 7.11 Å². The molecule has 0 aromatic carbocycles. The molecule has 0 aliphatic carbocycles. The zero-order valence-electron chi connectivity index (χ0n) is 16.1. The molecule has 0 saturated carbocycles. The average Bonchev–Trinajstić information content (AvgIpc) is 2.75. The molecule has 2 aromatic rings. The second kappa shape index (κ2) is 13.2. The molecule has 10 heteroatoms. The van der Waals surface area contributed by atoms with E-state index in [4.69, 9.17) is 19.3 Å². The zero-order valence-corrected chi connectivity index (χ0v) is 16.1. The highest BCUT2D eigenvalue weighted by molar-refractivity contribution is 5.87. The fourth-order valence-electron chi connectivity index (χ4n) is 2.06. The molecule has 2 heterocycles. The van der Waals surface area contributed by atoms with Gasteiger partial charge < -0.3 is 24.1 Å². The number of anilines is 1. The number of rotatable bonds is 12. The van der Waals surface area contributed by atoms with Gasteiger partial charge in [0, 0.05) is 29.7 Å². The standard InChI is InChI=1S/C19H24N4O6/c1-26-19(25)23-17-16(3-2-6-20-17)5-4-15-13-21-18(22-14-15)29-12-11-28-10-9-27-8-7-24/h2-6,13-14,24H,7-12H2,1H3,(H,20,23,25)/b5-4+. The Morgan fingerprint density at radius 2 is 1.79 bits per heavy atom. The van der Waals surface area contributed by atoms with Crippen molar-refractivity contribution in [2.75, 3.05) is 52.1 Å². The van der Waals surface area contributed by atoms with Crippen LogP contribution >= 0.6 is 0 Å². The van der Waals surface area contributed by atoms with Crippen molar-refractivity contribution in [3.63, 3.8) is 0 Å². The summed E-state index contributed by atoms with van der Waals surface area (Å²) in [4.78, 5) is 23.8. The molecule has 0 bridgehead atoms. The van der Waals surface area contributed by atoms with Gasteiger partial charge in [0.25, 0.3) is 0 Å². The summed E-state index contributed by atoms with van der Waals surface area (Å²) >= 11 is 0. The minimum Gasteiger partial charge on any atom is -0.461 e. The molecule has 0 aliphatic rings. The Morgan fingerprint density at radius 3 is 2.52 bits per heavy atom. The zero-order chi connectivity index (χ0) is 20.7. The lowest BCUT2D eigenvalue weighted by molar-refractivity contribution is 0.0239. The van der Waals surface area contributed by atoms with Crippen molar-refractivity contribution in [1.29, 1.82) is 0 Å². The predicted molar refractivity (Wildman–Crippen MR) is 105 cm³/mol. The summed E-state index contributed by atoms with van der Waals surface area (Å²) in [5.41, 5.74) is 1.46. The van der Waals surface area contributed by atoms with Gasteiger partial charge in [-0.25, -0.2) is 19.7 Å². The molecule has 0 atom stereocenters. The van der Waals surface area contributed by atoms with E-state index in [9.17, 15) is 4.79 Å². The van der Waals surface area contributed by atoms with Crippen LogP contribution in [0, 0.1) is 0 Å². The Labute approximate surface area is 168 Å². The molecule has 2 aromatic heterocycles. The Balaban J connectivity index is 1.78. The van der Waals surface area contributed by atoms with Crippen molar-refractivity contribution in [3.8, 4) is 6.01 Å². The largest absolute Gasteiger partial charge is 0.461 e. The van der Waals surface area contributed by atoms with Crippen LogP contribution in [0.15, 0.2) is 30.7 Å². The smallest absolute Gasteiger partial charge is 0.412 e. The van der Waals surface area contributed by atoms with Crippen molar-refractivity contribution in [1.82, 2.24) is 15.0 Å². The van der Waals surface area contributed by atoms with Crippen molar-refractivity contribution >= 4 is 24.1 Å². The summed E-state index contributed by atoms with van der Waals surface area (Å²) in [6.07, 6.45) is 7.79. The van der Waals surface area contributed by atoms with Gasteiger partial charge in [0.05, 0.1) is 40.1 Å². The first-order chi connectivity index (χ1) is 14.2. The molecule has 0 unspecified atom stereocenters. The lowest BCUT2D eigenvalue weighted by atomic mass is 10.2. The number of nitrogens with one attached hydrogen (secondary N) is 1. The molecule has 1 amide bonds. The van der Waals surface area contributed by atoms with Gasteiger partial charge >= 0.3 is 12.1 Å². The fourth-order valence-corrected chi connectivity index (χ4v) is 2.06. The van der Waals surface area contributed by atoms with Crippen LogP contribution in [-0.4, -0.2) is 72.9 Å². The van der Waals surface area contributed by atoms with Crippen molar-refractivity contribution in [2.45, 2.75) is 0 Å². The molecule has 2 rings (SSSR count). The highest BCUT2D eigenvalue weighted by Gasteiger charge is 2.05. The molecular formula is C19H24N4O6. The van der Waals surface area contributed by atoms with Gasteiger partial charge in [-0.1, -0.05) is 12.2 Å². The SMILES string of the molecule is COC(=O)Nc1ncccc1/C=C/c1cnc(OCCOCCOCCO)nc1. The first-order valence-electron chi connectivity index (χ1n) is 8.92. The third-order valence-corrected chi connectivity index (χ3v) is 3.41. The Hall–Kier alpha value is -3.08. The predicted octanol–water partition coefficient (Wildman–Crippen LogP) is 1.62. The second-order valence-corrected chi connectivity index (χ2v) is 5.49. The maximum absolute atomic E-state index is 11.4. The van der Waals surface area contributed by atoms with Crippen LogP contribution in [0.25, 0.3) is 12.2 Å². The topological polar surface area (TPSA) is 125 Å². The minimum absolute atomic E-state index is 0.000581. The molecule has 0 radical (unpaired) electrons. The quantitative estimate of drug-likeness (QED) is 0.508. The highest BCUT2D eigenvalue weighted by atomic mass is 16.6.